The summed E-state index contributed by atoms with van der Waals surface area (Å²) < 4.78 is 19.4. The van der Waals surface area contributed by atoms with Crippen molar-refractivity contribution in [3.05, 3.63) is 66.0 Å². The highest BCUT2D eigenvalue weighted by molar-refractivity contribution is 5.26. The van der Waals surface area contributed by atoms with Crippen molar-refractivity contribution < 1.29 is 9.13 Å². The van der Waals surface area contributed by atoms with Gasteiger partial charge in [-0.2, -0.15) is 0 Å². The van der Waals surface area contributed by atoms with Crippen LogP contribution in [0.4, 0.5) is 4.39 Å². The third kappa shape index (κ3) is 3.78. The third-order valence-electron chi connectivity index (χ3n) is 5.18. The number of halogens is 1. The van der Waals surface area contributed by atoms with Crippen LogP contribution < -0.4 is 4.74 Å². The van der Waals surface area contributed by atoms with Crippen LogP contribution in [0.15, 0.2) is 54.6 Å². The van der Waals surface area contributed by atoms with Crippen LogP contribution in [0.5, 0.6) is 5.75 Å². The minimum Gasteiger partial charge on any atom is -0.490 e. The number of ether oxygens (including phenoxy) is 1. The molecule has 2 nitrogen and oxygen atoms in total. The highest BCUT2D eigenvalue weighted by Crippen LogP contribution is 2.35. The van der Waals surface area contributed by atoms with Gasteiger partial charge in [0.25, 0.3) is 0 Å². The first-order valence-electron chi connectivity index (χ1n) is 8.97. The molecule has 1 aliphatic heterocycles. The van der Waals surface area contributed by atoms with E-state index in [2.05, 4.69) is 35.2 Å². The summed E-state index contributed by atoms with van der Waals surface area (Å²) in [5, 5.41) is 0. The molecule has 2 fully saturated rings. The van der Waals surface area contributed by atoms with Crippen LogP contribution in [0.3, 0.4) is 0 Å². The van der Waals surface area contributed by atoms with Gasteiger partial charge in [-0.1, -0.05) is 30.3 Å². The number of likely N-dealkylation sites (tertiary alicyclic amines) is 1. The maximum Gasteiger partial charge on any atom is 0.123 e. The summed E-state index contributed by atoms with van der Waals surface area (Å²) in [6.07, 6.45) is 3.95. The quantitative estimate of drug-likeness (QED) is 0.804. The lowest BCUT2D eigenvalue weighted by Gasteiger charge is -2.39. The van der Waals surface area contributed by atoms with Crippen molar-refractivity contribution in [3.8, 4) is 5.75 Å². The second kappa shape index (κ2) is 6.94. The van der Waals surface area contributed by atoms with Crippen LogP contribution in [0, 0.1) is 11.7 Å². The van der Waals surface area contributed by atoms with E-state index in [1.54, 1.807) is 12.1 Å². The van der Waals surface area contributed by atoms with E-state index in [-0.39, 0.29) is 11.9 Å². The normalized spacial score (nSPS) is 24.7. The molecule has 0 aromatic heterocycles. The van der Waals surface area contributed by atoms with Gasteiger partial charge in [-0.15, -0.1) is 0 Å². The number of nitrogens with zero attached hydrogens (tertiary/aromatic N) is 1. The van der Waals surface area contributed by atoms with Gasteiger partial charge in [0, 0.05) is 25.6 Å². The molecule has 1 aliphatic carbocycles. The van der Waals surface area contributed by atoms with E-state index in [0.29, 0.717) is 5.92 Å². The average Bonchev–Trinajstić information content (AvgIpc) is 3.43. The molecule has 0 spiro atoms. The van der Waals surface area contributed by atoms with E-state index >= 15 is 0 Å². The van der Waals surface area contributed by atoms with Crippen LogP contribution in [0.25, 0.3) is 0 Å². The van der Waals surface area contributed by atoms with Gasteiger partial charge in [0.2, 0.25) is 0 Å². The number of piperidine rings is 1. The molecule has 1 heterocycles. The fourth-order valence-electron chi connectivity index (χ4n) is 3.68. The Bertz CT molecular complexity index is 653. The SMILES string of the molecule is Fc1ccc(O[C@@H]2CCN(CC3CC3)C[C@H]2c2ccccc2)cc1. The Morgan fingerprint density at radius 2 is 1.71 bits per heavy atom. The van der Waals surface area contributed by atoms with Gasteiger partial charge in [-0.25, -0.2) is 4.39 Å². The summed E-state index contributed by atoms with van der Waals surface area (Å²) in [5.41, 5.74) is 1.34. The van der Waals surface area contributed by atoms with Gasteiger partial charge < -0.3 is 9.64 Å². The van der Waals surface area contributed by atoms with Crippen LogP contribution in [-0.2, 0) is 0 Å². The van der Waals surface area contributed by atoms with E-state index in [9.17, 15) is 4.39 Å². The zero-order chi connectivity index (χ0) is 16.4. The number of hydrogen-bond donors (Lipinski definition) is 0. The molecular formula is C21H24FNO. The minimum absolute atomic E-state index is 0.147. The molecule has 0 bridgehead atoms. The summed E-state index contributed by atoms with van der Waals surface area (Å²) in [4.78, 5) is 2.60. The summed E-state index contributed by atoms with van der Waals surface area (Å²) >= 11 is 0. The van der Waals surface area contributed by atoms with Gasteiger partial charge in [0.05, 0.1) is 0 Å². The third-order valence-corrected chi connectivity index (χ3v) is 5.18. The maximum atomic E-state index is 13.1. The first-order valence-corrected chi connectivity index (χ1v) is 8.97. The fourth-order valence-corrected chi connectivity index (χ4v) is 3.68. The first-order chi connectivity index (χ1) is 11.8. The van der Waals surface area contributed by atoms with Gasteiger partial charge >= 0.3 is 0 Å². The zero-order valence-electron chi connectivity index (χ0n) is 13.9. The number of benzene rings is 2. The van der Waals surface area contributed by atoms with Crippen LogP contribution >= 0.6 is 0 Å². The Morgan fingerprint density at radius 3 is 2.42 bits per heavy atom. The predicted molar refractivity (Wildman–Crippen MR) is 93.8 cm³/mol. The molecule has 2 aromatic carbocycles. The highest BCUT2D eigenvalue weighted by Gasteiger charge is 2.34. The van der Waals surface area contributed by atoms with E-state index < -0.39 is 0 Å². The van der Waals surface area contributed by atoms with Crippen LogP contribution in [0.2, 0.25) is 0 Å². The second-order valence-electron chi connectivity index (χ2n) is 7.12. The Labute approximate surface area is 143 Å². The van der Waals surface area contributed by atoms with Gasteiger partial charge in [0.15, 0.2) is 0 Å². The Hall–Kier alpha value is -1.87. The summed E-state index contributed by atoms with van der Waals surface area (Å²) in [5.74, 6) is 1.82. The standard InChI is InChI=1S/C21H24FNO/c22-18-8-10-19(11-9-18)24-21-12-13-23(14-16-6-7-16)15-20(21)17-4-2-1-3-5-17/h1-5,8-11,16,20-21H,6-7,12-15H2/t20-,21+/m0/s1. The summed E-state index contributed by atoms with van der Waals surface area (Å²) in [7, 11) is 0. The molecule has 3 heteroatoms. The molecule has 2 aliphatic rings. The molecule has 24 heavy (non-hydrogen) atoms. The van der Waals surface area contributed by atoms with Crippen molar-refractivity contribution >= 4 is 0 Å². The monoisotopic (exact) mass is 325 g/mol. The van der Waals surface area contributed by atoms with Gasteiger partial charge in [-0.05, 0) is 55.0 Å². The molecule has 2 aromatic rings. The number of rotatable bonds is 5. The van der Waals surface area contributed by atoms with Crippen LogP contribution in [0.1, 0.15) is 30.7 Å². The number of hydrogen-bond acceptors (Lipinski definition) is 2. The average molecular weight is 325 g/mol. The van der Waals surface area contributed by atoms with Crippen molar-refractivity contribution in [3.63, 3.8) is 0 Å². The molecule has 2 atom stereocenters. The largest absolute Gasteiger partial charge is 0.490 e. The van der Waals surface area contributed by atoms with Gasteiger partial charge in [0.1, 0.15) is 17.7 Å². The van der Waals surface area contributed by atoms with E-state index in [1.165, 1.54) is 37.1 Å². The molecule has 4 rings (SSSR count). The smallest absolute Gasteiger partial charge is 0.123 e. The Kier molecular flexibility index (Phi) is 4.52. The van der Waals surface area contributed by atoms with Crippen molar-refractivity contribution in [2.24, 2.45) is 5.92 Å². The molecular weight excluding hydrogens is 301 g/mol. The molecule has 1 saturated heterocycles. The summed E-state index contributed by atoms with van der Waals surface area (Å²) in [6.45, 7) is 3.37. The van der Waals surface area contributed by atoms with Crippen molar-refractivity contribution in [1.29, 1.82) is 0 Å². The summed E-state index contributed by atoms with van der Waals surface area (Å²) in [6, 6.07) is 17.1. The fraction of sp³-hybridized carbons (Fsp3) is 0.429. The molecule has 0 amide bonds. The first kappa shape index (κ1) is 15.6. The van der Waals surface area contributed by atoms with E-state index in [1.807, 2.05) is 0 Å². The van der Waals surface area contributed by atoms with Crippen LogP contribution in [-0.4, -0.2) is 30.6 Å². The van der Waals surface area contributed by atoms with E-state index in [0.717, 1.165) is 31.2 Å². The predicted octanol–water partition coefficient (Wildman–Crippen LogP) is 4.47. The Balaban J connectivity index is 1.51. The van der Waals surface area contributed by atoms with Gasteiger partial charge in [-0.3, -0.25) is 0 Å². The molecule has 0 N–H and O–H groups in total. The zero-order valence-corrected chi connectivity index (χ0v) is 13.9. The Morgan fingerprint density at radius 1 is 0.958 bits per heavy atom. The molecule has 0 unspecified atom stereocenters. The van der Waals surface area contributed by atoms with E-state index in [4.69, 9.17) is 4.74 Å². The van der Waals surface area contributed by atoms with Crippen molar-refractivity contribution in [2.45, 2.75) is 31.3 Å². The molecule has 1 saturated carbocycles. The topological polar surface area (TPSA) is 12.5 Å². The van der Waals surface area contributed by atoms with Crippen molar-refractivity contribution in [2.75, 3.05) is 19.6 Å². The molecule has 126 valence electrons. The lowest BCUT2D eigenvalue weighted by Crippen LogP contribution is -2.44. The lowest BCUT2D eigenvalue weighted by atomic mass is 9.87. The molecule has 0 radical (unpaired) electrons. The van der Waals surface area contributed by atoms with Crippen molar-refractivity contribution in [1.82, 2.24) is 4.90 Å². The maximum absolute atomic E-state index is 13.1. The minimum atomic E-state index is -0.221. The second-order valence-corrected chi connectivity index (χ2v) is 7.12. The highest BCUT2D eigenvalue weighted by atomic mass is 19.1. The lowest BCUT2D eigenvalue weighted by molar-refractivity contribution is 0.0754.